The van der Waals surface area contributed by atoms with Crippen LogP contribution in [-0.4, -0.2) is 47.2 Å². The molecule has 1 aromatic heterocycles. The number of phenols is 1. The first-order chi connectivity index (χ1) is 14.8. The molecule has 0 fully saturated rings. The van der Waals surface area contributed by atoms with E-state index in [9.17, 15) is 14.7 Å². The molecular formula is C24H28N2O5. The van der Waals surface area contributed by atoms with Crippen LogP contribution in [0.3, 0.4) is 0 Å². The molecule has 0 spiro atoms. The predicted octanol–water partition coefficient (Wildman–Crippen LogP) is 4.20. The maximum Gasteiger partial charge on any atom is 0.340 e. The van der Waals surface area contributed by atoms with E-state index in [1.165, 1.54) is 6.92 Å². The van der Waals surface area contributed by atoms with E-state index in [2.05, 4.69) is 0 Å². The number of ether oxygens (including phenoxy) is 2. The molecule has 2 aromatic carbocycles. The lowest BCUT2D eigenvalue weighted by molar-refractivity contribution is -0.131. The first-order valence-corrected chi connectivity index (χ1v) is 10.3. The Morgan fingerprint density at radius 3 is 2.29 bits per heavy atom. The van der Waals surface area contributed by atoms with Crippen LogP contribution in [0.2, 0.25) is 0 Å². The van der Waals surface area contributed by atoms with Crippen molar-refractivity contribution >= 4 is 22.8 Å². The Hall–Kier alpha value is -3.32. The van der Waals surface area contributed by atoms with Gasteiger partial charge in [0.1, 0.15) is 11.5 Å². The Bertz CT molecular complexity index is 1110. The van der Waals surface area contributed by atoms with Gasteiger partial charge in [-0.1, -0.05) is 0 Å². The number of carbonyl (C=O) groups excluding carboxylic acids is 2. The molecule has 7 nitrogen and oxygen atoms in total. The predicted molar refractivity (Wildman–Crippen MR) is 119 cm³/mol. The van der Waals surface area contributed by atoms with Gasteiger partial charge in [0.2, 0.25) is 0 Å². The van der Waals surface area contributed by atoms with Crippen LogP contribution in [0.5, 0.6) is 11.5 Å². The molecule has 0 amide bonds. The third-order valence-electron chi connectivity index (χ3n) is 4.97. The summed E-state index contributed by atoms with van der Waals surface area (Å²) in [6.45, 7) is 6.44. The van der Waals surface area contributed by atoms with Crippen molar-refractivity contribution in [2.75, 3.05) is 20.7 Å². The number of fused-ring (bicyclic) bond motifs is 1. The molecule has 0 radical (unpaired) electrons. The summed E-state index contributed by atoms with van der Waals surface area (Å²) in [5, 5.41) is 11.3. The minimum absolute atomic E-state index is 0.136. The van der Waals surface area contributed by atoms with Gasteiger partial charge in [0, 0.05) is 36.5 Å². The van der Waals surface area contributed by atoms with E-state index in [1.807, 2.05) is 48.7 Å². The normalized spacial score (nSPS) is 11.2. The van der Waals surface area contributed by atoms with Crippen LogP contribution in [0.25, 0.3) is 22.2 Å². The molecule has 1 heterocycles. The Morgan fingerprint density at radius 2 is 1.74 bits per heavy atom. The second-order valence-corrected chi connectivity index (χ2v) is 7.50. The van der Waals surface area contributed by atoms with E-state index in [-0.39, 0.29) is 12.4 Å². The largest absolute Gasteiger partial charge is 0.508 e. The Kier molecular flexibility index (Phi) is 6.65. The van der Waals surface area contributed by atoms with Gasteiger partial charge in [-0.2, -0.15) is 0 Å². The second kappa shape index (κ2) is 9.22. The highest BCUT2D eigenvalue weighted by atomic mass is 16.5. The molecule has 3 aromatic rings. The van der Waals surface area contributed by atoms with Gasteiger partial charge in [0.25, 0.3) is 0 Å². The maximum absolute atomic E-state index is 13.1. The molecule has 0 aliphatic rings. The van der Waals surface area contributed by atoms with Crippen LogP contribution in [0.1, 0.15) is 36.7 Å². The van der Waals surface area contributed by atoms with E-state index in [0.29, 0.717) is 41.0 Å². The first-order valence-electron chi connectivity index (χ1n) is 10.3. The topological polar surface area (TPSA) is 81.0 Å². The van der Waals surface area contributed by atoms with Gasteiger partial charge in [0.05, 0.1) is 17.9 Å². The van der Waals surface area contributed by atoms with Crippen molar-refractivity contribution in [3.05, 3.63) is 47.5 Å². The zero-order chi connectivity index (χ0) is 22.7. The van der Waals surface area contributed by atoms with Gasteiger partial charge in [-0.3, -0.25) is 4.79 Å². The SMILES string of the molecule is CCOC(=O)c1c(-c2ccc(OC(C)=O)cc2)n(CC)c2ccc(O)c(CN(C)C)c12. The van der Waals surface area contributed by atoms with Crippen molar-refractivity contribution in [1.29, 1.82) is 0 Å². The van der Waals surface area contributed by atoms with E-state index >= 15 is 0 Å². The molecule has 0 saturated heterocycles. The summed E-state index contributed by atoms with van der Waals surface area (Å²) in [7, 11) is 3.82. The van der Waals surface area contributed by atoms with Crippen LogP contribution in [-0.2, 0) is 22.6 Å². The van der Waals surface area contributed by atoms with E-state index in [4.69, 9.17) is 9.47 Å². The van der Waals surface area contributed by atoms with Gasteiger partial charge >= 0.3 is 11.9 Å². The maximum atomic E-state index is 13.1. The number of nitrogens with zero attached hydrogens (tertiary/aromatic N) is 2. The standard InChI is InChI=1S/C24H28N2O5/c1-6-26-19-12-13-20(28)18(14-25(4)5)21(19)22(24(29)30-7-2)23(26)16-8-10-17(11-9-16)31-15(3)27/h8-13,28H,6-7,14H2,1-5H3. The summed E-state index contributed by atoms with van der Waals surface area (Å²) in [5.41, 5.74) is 3.43. The quantitative estimate of drug-likeness (QED) is 0.452. The molecule has 0 aliphatic carbocycles. The fourth-order valence-electron chi connectivity index (χ4n) is 3.86. The highest BCUT2D eigenvalue weighted by Crippen LogP contribution is 2.40. The van der Waals surface area contributed by atoms with Crippen molar-refractivity contribution in [3.8, 4) is 22.8 Å². The highest BCUT2D eigenvalue weighted by molar-refractivity contribution is 6.12. The number of aromatic nitrogens is 1. The van der Waals surface area contributed by atoms with Gasteiger partial charge in [-0.25, -0.2) is 4.79 Å². The van der Waals surface area contributed by atoms with E-state index in [1.54, 1.807) is 25.1 Å². The molecule has 0 bridgehead atoms. The van der Waals surface area contributed by atoms with Crippen molar-refractivity contribution in [2.24, 2.45) is 0 Å². The fraction of sp³-hybridized carbons (Fsp3) is 0.333. The van der Waals surface area contributed by atoms with Gasteiger partial charge in [0.15, 0.2) is 0 Å². The molecule has 31 heavy (non-hydrogen) atoms. The van der Waals surface area contributed by atoms with Gasteiger partial charge in [-0.05, 0) is 69.9 Å². The Morgan fingerprint density at radius 1 is 1.06 bits per heavy atom. The number of carbonyl (C=O) groups is 2. The zero-order valence-corrected chi connectivity index (χ0v) is 18.6. The molecule has 0 saturated carbocycles. The van der Waals surface area contributed by atoms with Crippen molar-refractivity contribution < 1.29 is 24.2 Å². The molecule has 7 heteroatoms. The second-order valence-electron chi connectivity index (χ2n) is 7.50. The lowest BCUT2D eigenvalue weighted by Gasteiger charge is -2.14. The fourth-order valence-corrected chi connectivity index (χ4v) is 3.86. The van der Waals surface area contributed by atoms with Crippen LogP contribution < -0.4 is 4.74 Å². The van der Waals surface area contributed by atoms with E-state index < -0.39 is 11.9 Å². The number of benzene rings is 2. The molecule has 0 aliphatic heterocycles. The summed E-state index contributed by atoms with van der Waals surface area (Å²) >= 11 is 0. The average Bonchev–Trinajstić information content (AvgIpc) is 3.05. The smallest absolute Gasteiger partial charge is 0.340 e. The molecule has 1 N–H and O–H groups in total. The lowest BCUT2D eigenvalue weighted by Crippen LogP contribution is -2.12. The van der Waals surface area contributed by atoms with Gasteiger partial charge in [-0.15, -0.1) is 0 Å². The number of phenolic OH excluding ortho intramolecular Hbond substituents is 1. The minimum atomic E-state index is -0.440. The van der Waals surface area contributed by atoms with Crippen LogP contribution >= 0.6 is 0 Å². The summed E-state index contributed by atoms with van der Waals surface area (Å²) < 4.78 is 12.6. The summed E-state index contributed by atoms with van der Waals surface area (Å²) in [6, 6.07) is 10.5. The summed E-state index contributed by atoms with van der Waals surface area (Å²) in [6.07, 6.45) is 0. The van der Waals surface area contributed by atoms with Crippen molar-refractivity contribution in [2.45, 2.75) is 33.9 Å². The lowest BCUT2D eigenvalue weighted by atomic mass is 10.0. The first kappa shape index (κ1) is 22.4. The van der Waals surface area contributed by atoms with Crippen LogP contribution in [0.4, 0.5) is 0 Å². The number of rotatable bonds is 7. The summed E-state index contributed by atoms with van der Waals surface area (Å²) in [5.74, 6) is -0.272. The average molecular weight is 424 g/mol. The number of aromatic hydroxyl groups is 1. The molecule has 3 rings (SSSR count). The number of aryl methyl sites for hydroxylation is 1. The van der Waals surface area contributed by atoms with Gasteiger partial charge < -0.3 is 24.0 Å². The van der Waals surface area contributed by atoms with Crippen LogP contribution in [0.15, 0.2) is 36.4 Å². The molecule has 164 valence electrons. The highest BCUT2D eigenvalue weighted by Gasteiger charge is 2.27. The van der Waals surface area contributed by atoms with E-state index in [0.717, 1.165) is 11.1 Å². The Balaban J connectivity index is 2.35. The third-order valence-corrected chi connectivity index (χ3v) is 4.97. The molecule has 0 atom stereocenters. The molecular weight excluding hydrogens is 396 g/mol. The summed E-state index contributed by atoms with van der Waals surface area (Å²) in [4.78, 5) is 26.3. The number of hydrogen-bond donors (Lipinski definition) is 1. The van der Waals surface area contributed by atoms with Crippen LogP contribution in [0, 0.1) is 0 Å². The van der Waals surface area contributed by atoms with Crippen molar-refractivity contribution in [3.63, 3.8) is 0 Å². The van der Waals surface area contributed by atoms with Crippen molar-refractivity contribution in [1.82, 2.24) is 9.47 Å². The zero-order valence-electron chi connectivity index (χ0n) is 18.6. The number of hydrogen-bond acceptors (Lipinski definition) is 6. The third kappa shape index (κ3) is 4.41. The molecule has 0 unspecified atom stereocenters. The monoisotopic (exact) mass is 424 g/mol. The number of esters is 2. The Labute approximate surface area is 181 Å². The minimum Gasteiger partial charge on any atom is -0.508 e.